The Morgan fingerprint density at radius 3 is 2.84 bits per heavy atom. The van der Waals surface area contributed by atoms with Gasteiger partial charge >= 0.3 is 0 Å². The number of carbonyl (C=O) groups excluding carboxylic acids is 1. The summed E-state index contributed by atoms with van der Waals surface area (Å²) in [5, 5.41) is 0. The van der Waals surface area contributed by atoms with Crippen molar-refractivity contribution < 1.29 is 4.79 Å². The Morgan fingerprint density at radius 1 is 1.36 bits per heavy atom. The Bertz CT molecular complexity index is 844. The van der Waals surface area contributed by atoms with Gasteiger partial charge in [-0.2, -0.15) is 0 Å². The van der Waals surface area contributed by atoms with Crippen LogP contribution in [0.5, 0.6) is 0 Å². The number of nitrogens with zero attached hydrogens (tertiary/aromatic N) is 3. The molecule has 0 radical (unpaired) electrons. The average molecular weight is 337 g/mol. The fourth-order valence-electron chi connectivity index (χ4n) is 3.57. The molecule has 1 atom stereocenters. The molecule has 1 aromatic carbocycles. The monoisotopic (exact) mass is 337 g/mol. The molecule has 0 bridgehead atoms. The molecule has 25 heavy (non-hydrogen) atoms. The molecule has 0 saturated carbocycles. The Labute approximate surface area is 149 Å². The predicted octanol–water partition coefficient (Wildman–Crippen LogP) is 4.74. The van der Waals surface area contributed by atoms with E-state index in [2.05, 4.69) is 42.5 Å². The average Bonchev–Trinajstić information content (AvgIpc) is 3.01. The van der Waals surface area contributed by atoms with Crippen LogP contribution in [0.1, 0.15) is 50.9 Å². The summed E-state index contributed by atoms with van der Waals surface area (Å²) in [5.74, 6) is 0.618. The Kier molecular flexibility index (Phi) is 5.07. The molecule has 1 aromatic heterocycles. The van der Waals surface area contributed by atoms with E-state index < -0.39 is 0 Å². The summed E-state index contributed by atoms with van der Waals surface area (Å²) in [6, 6.07) is 5.85. The Morgan fingerprint density at radius 2 is 2.16 bits per heavy atom. The minimum atomic E-state index is 0.0852. The van der Waals surface area contributed by atoms with Crippen LogP contribution in [0.15, 0.2) is 42.3 Å². The first-order valence-electron chi connectivity index (χ1n) is 9.19. The summed E-state index contributed by atoms with van der Waals surface area (Å²) >= 11 is 0. The molecule has 0 fully saturated rings. The minimum absolute atomic E-state index is 0.0852. The smallest absolute Gasteiger partial charge is 0.253 e. The molecule has 0 saturated heterocycles. The Balaban J connectivity index is 1.95. The molecule has 0 spiro atoms. The fraction of sp³-hybridized carbons (Fsp3) is 0.429. The summed E-state index contributed by atoms with van der Waals surface area (Å²) in [5.41, 5.74) is 5.17. The number of amides is 1. The number of carbonyl (C=O) groups is 1. The number of rotatable bonds is 5. The van der Waals surface area contributed by atoms with Gasteiger partial charge in [-0.3, -0.25) is 9.36 Å². The molecule has 0 N–H and O–H groups in total. The highest BCUT2D eigenvalue weighted by Crippen LogP contribution is 2.27. The lowest BCUT2D eigenvalue weighted by Gasteiger charge is -2.20. The molecular weight excluding hydrogens is 310 g/mol. The van der Waals surface area contributed by atoms with E-state index >= 15 is 0 Å². The molecule has 1 amide bonds. The van der Waals surface area contributed by atoms with Gasteiger partial charge in [-0.25, -0.2) is 4.98 Å². The van der Waals surface area contributed by atoms with Crippen LogP contribution >= 0.6 is 0 Å². The number of aromatic nitrogens is 2. The molecule has 1 heterocycles. The van der Waals surface area contributed by atoms with Crippen LogP contribution in [0.25, 0.3) is 16.7 Å². The van der Waals surface area contributed by atoms with Crippen molar-refractivity contribution in [1.29, 1.82) is 0 Å². The van der Waals surface area contributed by atoms with Crippen LogP contribution in [0.4, 0.5) is 0 Å². The lowest BCUT2D eigenvalue weighted by atomic mass is 9.95. The first kappa shape index (κ1) is 17.5. The van der Waals surface area contributed by atoms with E-state index in [0.29, 0.717) is 11.5 Å². The van der Waals surface area contributed by atoms with Crippen LogP contribution < -0.4 is 0 Å². The maximum Gasteiger partial charge on any atom is 0.253 e. The fourth-order valence-corrected chi connectivity index (χ4v) is 3.57. The predicted molar refractivity (Wildman–Crippen MR) is 103 cm³/mol. The highest BCUT2D eigenvalue weighted by molar-refractivity contribution is 5.97. The number of fused-ring (bicyclic) bond motifs is 1. The Hall–Kier alpha value is -2.36. The third-order valence-electron chi connectivity index (χ3n) is 4.73. The molecule has 2 aromatic rings. The van der Waals surface area contributed by atoms with Crippen LogP contribution in [-0.2, 0) is 0 Å². The molecule has 1 aliphatic rings. The van der Waals surface area contributed by atoms with Crippen molar-refractivity contribution in [2.75, 3.05) is 13.1 Å². The number of hydrogen-bond acceptors (Lipinski definition) is 2. The zero-order chi connectivity index (χ0) is 18.0. The van der Waals surface area contributed by atoms with Crippen molar-refractivity contribution in [1.82, 2.24) is 14.5 Å². The van der Waals surface area contributed by atoms with Crippen LogP contribution in [0, 0.1) is 5.92 Å². The molecular formula is C21H27N3O. The molecule has 3 rings (SSSR count). The quantitative estimate of drug-likeness (QED) is 0.790. The van der Waals surface area contributed by atoms with E-state index in [-0.39, 0.29) is 5.91 Å². The molecule has 132 valence electrons. The van der Waals surface area contributed by atoms with Crippen molar-refractivity contribution in [3.05, 3.63) is 47.8 Å². The minimum Gasteiger partial charge on any atom is -0.339 e. The van der Waals surface area contributed by atoms with Gasteiger partial charge < -0.3 is 4.90 Å². The van der Waals surface area contributed by atoms with Crippen molar-refractivity contribution in [2.24, 2.45) is 5.92 Å². The maximum atomic E-state index is 12.7. The van der Waals surface area contributed by atoms with Crippen molar-refractivity contribution in [3.8, 4) is 0 Å². The van der Waals surface area contributed by atoms with Crippen LogP contribution in [0.2, 0.25) is 0 Å². The van der Waals surface area contributed by atoms with Crippen molar-refractivity contribution in [3.63, 3.8) is 0 Å². The first-order chi connectivity index (χ1) is 12.0. The lowest BCUT2D eigenvalue weighted by molar-refractivity contribution is 0.0764. The zero-order valence-electron chi connectivity index (χ0n) is 15.6. The molecule has 1 aliphatic carbocycles. The van der Waals surface area contributed by atoms with E-state index in [1.165, 1.54) is 11.3 Å². The van der Waals surface area contributed by atoms with Gasteiger partial charge in [0.25, 0.3) is 5.91 Å². The number of benzene rings is 1. The molecule has 4 nitrogen and oxygen atoms in total. The number of allylic oxidation sites excluding steroid dienone is 4. The van der Waals surface area contributed by atoms with E-state index in [4.69, 9.17) is 0 Å². The van der Waals surface area contributed by atoms with Crippen LogP contribution in [0.3, 0.4) is 0 Å². The van der Waals surface area contributed by atoms with Gasteiger partial charge in [-0.15, -0.1) is 0 Å². The van der Waals surface area contributed by atoms with Gasteiger partial charge in [0.15, 0.2) is 0 Å². The van der Waals surface area contributed by atoms with Crippen LogP contribution in [-0.4, -0.2) is 33.4 Å². The highest BCUT2D eigenvalue weighted by atomic mass is 16.2. The number of imidazole rings is 1. The summed E-state index contributed by atoms with van der Waals surface area (Å²) in [7, 11) is 0. The van der Waals surface area contributed by atoms with Gasteiger partial charge in [0.2, 0.25) is 0 Å². The second-order valence-corrected chi connectivity index (χ2v) is 6.97. The molecule has 0 aliphatic heterocycles. The van der Waals surface area contributed by atoms with E-state index in [0.717, 1.165) is 37.0 Å². The van der Waals surface area contributed by atoms with E-state index in [9.17, 15) is 4.79 Å². The van der Waals surface area contributed by atoms with Gasteiger partial charge in [0, 0.05) is 24.4 Å². The number of hydrogen-bond donors (Lipinski definition) is 0. The summed E-state index contributed by atoms with van der Waals surface area (Å²) in [4.78, 5) is 19.1. The normalized spacial score (nSPS) is 17.4. The maximum absolute atomic E-state index is 12.7. The first-order valence-corrected chi connectivity index (χ1v) is 9.19. The SMILES string of the molecule is CCCN(CC)C(=O)c1ccc2c(c1)ncn2C1=CC(C)CC(C)=C1. The van der Waals surface area contributed by atoms with Gasteiger partial charge in [-0.1, -0.05) is 25.5 Å². The topological polar surface area (TPSA) is 38.1 Å². The van der Waals surface area contributed by atoms with Gasteiger partial charge in [-0.05, 0) is 56.9 Å². The highest BCUT2D eigenvalue weighted by Gasteiger charge is 2.16. The second kappa shape index (κ2) is 7.26. The van der Waals surface area contributed by atoms with Gasteiger partial charge in [0.05, 0.1) is 11.0 Å². The van der Waals surface area contributed by atoms with E-state index in [1.807, 2.05) is 36.4 Å². The third-order valence-corrected chi connectivity index (χ3v) is 4.73. The molecule has 4 heteroatoms. The largest absolute Gasteiger partial charge is 0.339 e. The molecule has 1 unspecified atom stereocenters. The third kappa shape index (κ3) is 3.53. The lowest BCUT2D eigenvalue weighted by Crippen LogP contribution is -2.31. The summed E-state index contributed by atoms with van der Waals surface area (Å²) in [6.45, 7) is 10.0. The summed E-state index contributed by atoms with van der Waals surface area (Å²) in [6.07, 6.45) is 8.44. The van der Waals surface area contributed by atoms with Crippen molar-refractivity contribution in [2.45, 2.75) is 40.5 Å². The zero-order valence-corrected chi connectivity index (χ0v) is 15.6. The standard InChI is InChI=1S/C21H27N3O/c1-5-9-23(6-2)21(25)17-7-8-20-19(13-17)22-14-24(20)18-11-15(3)10-16(4)12-18/h7-8,11-15H,5-6,9-10H2,1-4H3. The van der Waals surface area contributed by atoms with Gasteiger partial charge in [0.1, 0.15) is 6.33 Å². The van der Waals surface area contributed by atoms with Crippen molar-refractivity contribution >= 4 is 22.6 Å². The second-order valence-electron chi connectivity index (χ2n) is 6.97. The summed E-state index contributed by atoms with van der Waals surface area (Å²) < 4.78 is 2.12. The van der Waals surface area contributed by atoms with E-state index in [1.54, 1.807) is 0 Å².